The number of hydrogen-bond acceptors (Lipinski definition) is 4. The van der Waals surface area contributed by atoms with Crippen LogP contribution in [0.5, 0.6) is 0 Å². The molecule has 5 heteroatoms. The minimum atomic E-state index is -0.489. The van der Waals surface area contributed by atoms with Gasteiger partial charge in [-0.15, -0.1) is 0 Å². The van der Waals surface area contributed by atoms with Crippen molar-refractivity contribution in [1.82, 2.24) is 4.90 Å². The third-order valence-corrected chi connectivity index (χ3v) is 3.44. The summed E-state index contributed by atoms with van der Waals surface area (Å²) in [4.78, 5) is 13.5. The predicted molar refractivity (Wildman–Crippen MR) is 73.5 cm³/mol. The van der Waals surface area contributed by atoms with Gasteiger partial charge in [-0.2, -0.15) is 0 Å². The molecule has 1 heterocycles. The van der Waals surface area contributed by atoms with Crippen molar-refractivity contribution in [3.05, 3.63) is 23.8 Å². The Kier molecular flexibility index (Phi) is 3.72. The average Bonchev–Trinajstić information content (AvgIpc) is 2.73. The van der Waals surface area contributed by atoms with E-state index >= 15 is 0 Å². The Hall–Kier alpha value is -1.75. The molecule has 5 nitrogen and oxygen atoms in total. The molecule has 1 aromatic rings. The van der Waals surface area contributed by atoms with Crippen molar-refractivity contribution in [3.8, 4) is 0 Å². The number of nitrogens with one attached hydrogen (secondary N) is 1. The lowest BCUT2D eigenvalue weighted by Crippen LogP contribution is -2.20. The number of para-hydroxylation sites is 1. The van der Waals surface area contributed by atoms with Crippen molar-refractivity contribution < 1.29 is 4.79 Å². The first-order valence-corrected chi connectivity index (χ1v) is 6.18. The lowest BCUT2D eigenvalue weighted by molar-refractivity contribution is 0.100. The second kappa shape index (κ2) is 5.27. The maximum Gasteiger partial charge on any atom is 0.250 e. The predicted octanol–water partition coefficient (Wildman–Crippen LogP) is 0.731. The van der Waals surface area contributed by atoms with Gasteiger partial charge in [0.2, 0.25) is 0 Å². The van der Waals surface area contributed by atoms with Gasteiger partial charge in [-0.05, 0) is 38.1 Å². The number of nitrogen functional groups attached to an aromatic ring is 1. The Morgan fingerprint density at radius 2 is 2.33 bits per heavy atom. The fourth-order valence-corrected chi connectivity index (χ4v) is 2.38. The van der Waals surface area contributed by atoms with Gasteiger partial charge in [0.05, 0.1) is 16.9 Å². The van der Waals surface area contributed by atoms with Gasteiger partial charge in [-0.3, -0.25) is 4.79 Å². The van der Waals surface area contributed by atoms with Crippen LogP contribution >= 0.6 is 0 Å². The van der Waals surface area contributed by atoms with Crippen LogP contribution in [0, 0.1) is 5.92 Å². The standard InChI is InChI=1S/C13H20N4O/c1-17-6-5-9(8-17)7-16-11-4-2-3-10(12(11)14)13(15)18/h2-4,9,16H,5-8,14H2,1H3,(H2,15,18). The van der Waals surface area contributed by atoms with Crippen molar-refractivity contribution in [2.45, 2.75) is 6.42 Å². The number of carbonyl (C=O) groups is 1. The minimum Gasteiger partial charge on any atom is -0.396 e. The van der Waals surface area contributed by atoms with Gasteiger partial charge >= 0.3 is 0 Å². The molecule has 18 heavy (non-hydrogen) atoms. The molecule has 1 atom stereocenters. The van der Waals surface area contributed by atoms with Gasteiger partial charge in [0, 0.05) is 13.1 Å². The monoisotopic (exact) mass is 248 g/mol. The number of nitrogens with two attached hydrogens (primary N) is 2. The van der Waals surface area contributed by atoms with Crippen molar-refractivity contribution >= 4 is 17.3 Å². The van der Waals surface area contributed by atoms with Gasteiger partial charge < -0.3 is 21.7 Å². The van der Waals surface area contributed by atoms with Crippen molar-refractivity contribution in [3.63, 3.8) is 0 Å². The van der Waals surface area contributed by atoms with Crippen LogP contribution in [0.15, 0.2) is 18.2 Å². The third kappa shape index (κ3) is 2.73. The second-order valence-electron chi connectivity index (χ2n) is 4.93. The van der Waals surface area contributed by atoms with E-state index in [-0.39, 0.29) is 0 Å². The molecule has 0 bridgehead atoms. The molecule has 1 amide bonds. The summed E-state index contributed by atoms with van der Waals surface area (Å²) in [5, 5.41) is 3.31. The van der Waals surface area contributed by atoms with Gasteiger partial charge in [-0.1, -0.05) is 6.07 Å². The highest BCUT2D eigenvalue weighted by Gasteiger charge is 2.19. The topological polar surface area (TPSA) is 84.4 Å². The molecular weight excluding hydrogens is 228 g/mol. The van der Waals surface area contributed by atoms with Crippen LogP contribution in [-0.2, 0) is 0 Å². The Balaban J connectivity index is 2.01. The van der Waals surface area contributed by atoms with E-state index in [0.717, 1.165) is 25.3 Å². The Bertz CT molecular complexity index is 447. The van der Waals surface area contributed by atoms with Gasteiger partial charge in [0.1, 0.15) is 0 Å². The summed E-state index contributed by atoms with van der Waals surface area (Å²) in [5.41, 5.74) is 12.8. The molecule has 5 N–H and O–H groups in total. The zero-order valence-electron chi connectivity index (χ0n) is 10.6. The summed E-state index contributed by atoms with van der Waals surface area (Å²) in [6.45, 7) is 3.11. The van der Waals surface area contributed by atoms with Crippen molar-refractivity contribution in [2.24, 2.45) is 11.7 Å². The largest absolute Gasteiger partial charge is 0.396 e. The van der Waals surface area contributed by atoms with E-state index in [9.17, 15) is 4.79 Å². The Morgan fingerprint density at radius 1 is 1.56 bits per heavy atom. The number of carbonyl (C=O) groups excluding carboxylic acids is 1. The van der Waals surface area contributed by atoms with Crippen LogP contribution in [-0.4, -0.2) is 37.5 Å². The van der Waals surface area contributed by atoms with E-state index < -0.39 is 5.91 Å². The van der Waals surface area contributed by atoms with E-state index in [0.29, 0.717) is 17.2 Å². The van der Waals surface area contributed by atoms with E-state index in [1.165, 1.54) is 6.42 Å². The number of rotatable bonds is 4. The lowest BCUT2D eigenvalue weighted by atomic mass is 10.1. The maximum absolute atomic E-state index is 11.2. The molecule has 1 unspecified atom stereocenters. The van der Waals surface area contributed by atoms with Gasteiger partial charge in [0.25, 0.3) is 5.91 Å². The Labute approximate surface area is 107 Å². The third-order valence-electron chi connectivity index (χ3n) is 3.44. The summed E-state index contributed by atoms with van der Waals surface area (Å²) in [5.74, 6) is 0.142. The highest BCUT2D eigenvalue weighted by molar-refractivity contribution is 6.00. The summed E-state index contributed by atoms with van der Waals surface area (Å²) in [6, 6.07) is 5.31. The molecule has 1 fully saturated rings. The normalized spacial score (nSPS) is 19.9. The fourth-order valence-electron chi connectivity index (χ4n) is 2.38. The Morgan fingerprint density at radius 3 is 2.94 bits per heavy atom. The number of hydrogen-bond donors (Lipinski definition) is 3. The summed E-state index contributed by atoms with van der Waals surface area (Å²) >= 11 is 0. The summed E-state index contributed by atoms with van der Waals surface area (Å²) in [6.07, 6.45) is 1.19. The number of anilines is 2. The molecule has 1 aliphatic heterocycles. The second-order valence-corrected chi connectivity index (χ2v) is 4.93. The zero-order chi connectivity index (χ0) is 13.1. The van der Waals surface area contributed by atoms with Crippen LogP contribution in [0.4, 0.5) is 11.4 Å². The van der Waals surface area contributed by atoms with Crippen LogP contribution in [0.25, 0.3) is 0 Å². The summed E-state index contributed by atoms with van der Waals surface area (Å²) < 4.78 is 0. The van der Waals surface area contributed by atoms with E-state index in [2.05, 4.69) is 17.3 Å². The van der Waals surface area contributed by atoms with E-state index in [4.69, 9.17) is 11.5 Å². The van der Waals surface area contributed by atoms with Crippen LogP contribution < -0.4 is 16.8 Å². The molecule has 98 valence electrons. The van der Waals surface area contributed by atoms with Crippen LogP contribution in [0.1, 0.15) is 16.8 Å². The SMILES string of the molecule is CN1CCC(CNc2cccc(C(N)=O)c2N)C1. The molecular formula is C13H20N4O. The molecule has 1 aromatic carbocycles. The molecule has 0 radical (unpaired) electrons. The number of nitrogens with zero attached hydrogens (tertiary/aromatic N) is 1. The molecule has 1 aliphatic rings. The average molecular weight is 248 g/mol. The molecule has 0 spiro atoms. The number of likely N-dealkylation sites (tertiary alicyclic amines) is 1. The number of benzene rings is 1. The first kappa shape index (κ1) is 12.7. The highest BCUT2D eigenvalue weighted by atomic mass is 16.1. The molecule has 0 aromatic heterocycles. The zero-order valence-corrected chi connectivity index (χ0v) is 10.6. The van der Waals surface area contributed by atoms with E-state index in [1.807, 2.05) is 6.07 Å². The van der Waals surface area contributed by atoms with Gasteiger partial charge in [-0.25, -0.2) is 0 Å². The van der Waals surface area contributed by atoms with Crippen molar-refractivity contribution in [1.29, 1.82) is 0 Å². The smallest absolute Gasteiger partial charge is 0.250 e. The molecule has 1 saturated heterocycles. The lowest BCUT2D eigenvalue weighted by Gasteiger charge is -2.15. The molecule has 2 rings (SSSR count). The minimum absolute atomic E-state index is 0.378. The maximum atomic E-state index is 11.2. The van der Waals surface area contributed by atoms with Gasteiger partial charge in [0.15, 0.2) is 0 Å². The molecule has 0 aliphatic carbocycles. The van der Waals surface area contributed by atoms with Crippen LogP contribution in [0.2, 0.25) is 0 Å². The first-order valence-electron chi connectivity index (χ1n) is 6.18. The highest BCUT2D eigenvalue weighted by Crippen LogP contribution is 2.23. The number of amides is 1. The number of primary amides is 1. The van der Waals surface area contributed by atoms with Crippen molar-refractivity contribution in [2.75, 3.05) is 37.7 Å². The first-order chi connectivity index (χ1) is 8.58. The van der Waals surface area contributed by atoms with E-state index in [1.54, 1.807) is 12.1 Å². The van der Waals surface area contributed by atoms with Crippen LogP contribution in [0.3, 0.4) is 0 Å². The molecule has 0 saturated carbocycles. The summed E-state index contributed by atoms with van der Waals surface area (Å²) in [7, 11) is 2.13. The quantitative estimate of drug-likeness (QED) is 0.686. The fraction of sp³-hybridized carbons (Fsp3) is 0.462.